The van der Waals surface area contributed by atoms with Gasteiger partial charge in [0.1, 0.15) is 42.7 Å². The minimum atomic E-state index is -1.67. The van der Waals surface area contributed by atoms with E-state index in [-0.39, 0.29) is 12.3 Å². The van der Waals surface area contributed by atoms with Crippen LogP contribution in [0.25, 0.3) is 0 Å². The number of esters is 1. The zero-order chi connectivity index (χ0) is 24.4. The zero-order valence-corrected chi connectivity index (χ0v) is 19.2. The second-order valence-electron chi connectivity index (χ2n) is 9.98. The molecule has 0 saturated carbocycles. The number of hydrogen-bond donors (Lipinski definition) is 6. The first-order valence-electron chi connectivity index (χ1n) is 10.9. The van der Waals surface area contributed by atoms with E-state index in [0.29, 0.717) is 0 Å². The molecule has 2 rings (SSSR count). The summed E-state index contributed by atoms with van der Waals surface area (Å²) in [5.41, 5.74) is -0.554. The molecule has 2 fully saturated rings. The van der Waals surface area contributed by atoms with Crippen molar-refractivity contribution in [2.45, 2.75) is 102 Å². The number of hydrogen-bond acceptors (Lipinski definition) is 11. The van der Waals surface area contributed by atoms with E-state index in [1.807, 2.05) is 0 Å². The molecule has 2 saturated heterocycles. The molecule has 2 aliphatic heterocycles. The molecule has 0 bridgehead atoms. The molecule has 11 heteroatoms. The predicted octanol–water partition coefficient (Wildman–Crippen LogP) is -1.70. The SMILES string of the molecule is CC(C)CC(=O)OC1C(O)C(CO)OC(OC2C(CO)OC(C(C)(C)C)C(O)C2O)C1O. The van der Waals surface area contributed by atoms with Gasteiger partial charge in [0.05, 0.1) is 19.3 Å². The molecule has 0 spiro atoms. The van der Waals surface area contributed by atoms with Crippen molar-refractivity contribution in [2.24, 2.45) is 11.3 Å². The Labute approximate surface area is 187 Å². The topological polar surface area (TPSA) is 175 Å². The molecule has 6 N–H and O–H groups in total. The number of aliphatic hydroxyl groups excluding tert-OH is 6. The van der Waals surface area contributed by atoms with E-state index in [2.05, 4.69) is 0 Å². The lowest BCUT2D eigenvalue weighted by Gasteiger charge is -2.49. The highest BCUT2D eigenvalue weighted by molar-refractivity contribution is 5.69. The van der Waals surface area contributed by atoms with Gasteiger partial charge in [0.25, 0.3) is 0 Å². The summed E-state index contributed by atoms with van der Waals surface area (Å²) in [6.45, 7) is 7.81. The van der Waals surface area contributed by atoms with Gasteiger partial charge in [-0.2, -0.15) is 0 Å². The monoisotopic (exact) mass is 466 g/mol. The van der Waals surface area contributed by atoms with Crippen LogP contribution in [0.5, 0.6) is 0 Å². The van der Waals surface area contributed by atoms with Crippen molar-refractivity contribution in [3.05, 3.63) is 0 Å². The zero-order valence-electron chi connectivity index (χ0n) is 19.2. The summed E-state index contributed by atoms with van der Waals surface area (Å²) in [6.07, 6.45) is -13.4. The molecule has 0 aromatic carbocycles. The first kappa shape index (κ1) is 27.4. The minimum absolute atomic E-state index is 0.0191. The molecule has 2 heterocycles. The number of rotatable bonds is 7. The molecule has 0 amide bonds. The third-order valence-electron chi connectivity index (χ3n) is 5.67. The van der Waals surface area contributed by atoms with E-state index in [1.165, 1.54) is 0 Å². The quantitative estimate of drug-likeness (QED) is 0.236. The van der Waals surface area contributed by atoms with Crippen LogP contribution in [-0.2, 0) is 23.7 Å². The Morgan fingerprint density at radius 1 is 0.875 bits per heavy atom. The highest BCUT2D eigenvalue weighted by Crippen LogP contribution is 2.35. The fraction of sp³-hybridized carbons (Fsp3) is 0.952. The number of carbonyl (C=O) groups excluding carboxylic acids is 1. The van der Waals surface area contributed by atoms with E-state index in [9.17, 15) is 35.4 Å². The summed E-state index contributed by atoms with van der Waals surface area (Å²) < 4.78 is 22.1. The second-order valence-corrected chi connectivity index (χ2v) is 9.98. The molecule has 0 radical (unpaired) electrons. The van der Waals surface area contributed by atoms with Gasteiger partial charge in [0.15, 0.2) is 12.4 Å². The molecule has 11 nitrogen and oxygen atoms in total. The minimum Gasteiger partial charge on any atom is -0.456 e. The fourth-order valence-electron chi connectivity index (χ4n) is 3.96. The molecular formula is C21H38O11. The maximum absolute atomic E-state index is 12.1. The van der Waals surface area contributed by atoms with Crippen LogP contribution in [0.3, 0.4) is 0 Å². The molecule has 0 aromatic heterocycles. The average molecular weight is 467 g/mol. The Morgan fingerprint density at radius 3 is 1.97 bits per heavy atom. The van der Waals surface area contributed by atoms with Gasteiger partial charge in [-0.15, -0.1) is 0 Å². The van der Waals surface area contributed by atoms with E-state index in [0.717, 1.165) is 0 Å². The molecule has 32 heavy (non-hydrogen) atoms. The lowest BCUT2D eigenvalue weighted by atomic mass is 9.80. The largest absolute Gasteiger partial charge is 0.456 e. The van der Waals surface area contributed by atoms with Crippen LogP contribution >= 0.6 is 0 Å². The van der Waals surface area contributed by atoms with Gasteiger partial charge in [-0.25, -0.2) is 0 Å². The van der Waals surface area contributed by atoms with Gasteiger partial charge < -0.3 is 49.6 Å². The summed E-state index contributed by atoms with van der Waals surface area (Å²) in [6, 6.07) is 0. The van der Waals surface area contributed by atoms with Crippen molar-refractivity contribution < 1.29 is 54.4 Å². The number of aliphatic hydroxyl groups is 6. The second kappa shape index (κ2) is 11.0. The predicted molar refractivity (Wildman–Crippen MR) is 109 cm³/mol. The average Bonchev–Trinajstić information content (AvgIpc) is 2.69. The molecule has 10 unspecified atom stereocenters. The van der Waals surface area contributed by atoms with Crippen molar-refractivity contribution in [1.29, 1.82) is 0 Å². The Balaban J connectivity index is 2.20. The van der Waals surface area contributed by atoms with E-state index < -0.39 is 85.8 Å². The Hall–Kier alpha value is -0.890. The molecule has 188 valence electrons. The van der Waals surface area contributed by atoms with Crippen LogP contribution in [-0.4, -0.2) is 111 Å². The van der Waals surface area contributed by atoms with E-state index in [1.54, 1.807) is 34.6 Å². The Morgan fingerprint density at radius 2 is 1.47 bits per heavy atom. The molecule has 0 aliphatic carbocycles. The Bertz CT molecular complexity index is 605. The standard InChI is InChI=1S/C21H38O11/c1-9(2)6-12(24)31-18-13(25)10(7-22)30-20(16(18)28)32-17-11(8-23)29-19(21(3,4)5)15(27)14(17)26/h9-11,13-20,22-23,25-28H,6-8H2,1-5H3. The van der Waals surface area contributed by atoms with Gasteiger partial charge in [0, 0.05) is 6.42 Å². The molecular weight excluding hydrogens is 428 g/mol. The van der Waals surface area contributed by atoms with Gasteiger partial charge in [0.2, 0.25) is 0 Å². The van der Waals surface area contributed by atoms with Crippen LogP contribution in [0.15, 0.2) is 0 Å². The van der Waals surface area contributed by atoms with Gasteiger partial charge in [-0.1, -0.05) is 34.6 Å². The highest BCUT2D eigenvalue weighted by atomic mass is 16.7. The van der Waals surface area contributed by atoms with Crippen molar-refractivity contribution in [3.63, 3.8) is 0 Å². The number of carbonyl (C=O) groups is 1. The number of ether oxygens (including phenoxy) is 4. The summed E-state index contributed by atoms with van der Waals surface area (Å²) in [5, 5.41) is 61.7. The van der Waals surface area contributed by atoms with E-state index >= 15 is 0 Å². The van der Waals surface area contributed by atoms with Crippen molar-refractivity contribution in [2.75, 3.05) is 13.2 Å². The maximum atomic E-state index is 12.1. The van der Waals surface area contributed by atoms with E-state index in [4.69, 9.17) is 18.9 Å². The van der Waals surface area contributed by atoms with Crippen LogP contribution < -0.4 is 0 Å². The third-order valence-corrected chi connectivity index (χ3v) is 5.67. The van der Waals surface area contributed by atoms with Crippen molar-refractivity contribution in [1.82, 2.24) is 0 Å². The first-order chi connectivity index (χ1) is 14.8. The van der Waals surface area contributed by atoms with Crippen LogP contribution in [0.1, 0.15) is 41.0 Å². The molecule has 2 aliphatic rings. The van der Waals surface area contributed by atoms with Crippen LogP contribution in [0.4, 0.5) is 0 Å². The van der Waals surface area contributed by atoms with Gasteiger partial charge in [-0.3, -0.25) is 4.79 Å². The van der Waals surface area contributed by atoms with Crippen LogP contribution in [0.2, 0.25) is 0 Å². The summed E-state index contributed by atoms with van der Waals surface area (Å²) in [7, 11) is 0. The third kappa shape index (κ3) is 6.16. The fourth-order valence-corrected chi connectivity index (χ4v) is 3.96. The van der Waals surface area contributed by atoms with Gasteiger partial charge in [-0.05, 0) is 11.3 Å². The lowest BCUT2D eigenvalue weighted by Crippen LogP contribution is -2.66. The maximum Gasteiger partial charge on any atom is 0.306 e. The lowest BCUT2D eigenvalue weighted by molar-refractivity contribution is -0.346. The molecule has 0 aromatic rings. The normalized spacial score (nSPS) is 41.0. The summed E-state index contributed by atoms with van der Waals surface area (Å²) in [4.78, 5) is 12.1. The van der Waals surface area contributed by atoms with Crippen molar-refractivity contribution >= 4 is 5.97 Å². The molecule has 10 atom stereocenters. The first-order valence-corrected chi connectivity index (χ1v) is 10.9. The van der Waals surface area contributed by atoms with Crippen molar-refractivity contribution in [3.8, 4) is 0 Å². The van der Waals surface area contributed by atoms with Crippen LogP contribution in [0, 0.1) is 11.3 Å². The van der Waals surface area contributed by atoms with Gasteiger partial charge >= 0.3 is 5.97 Å². The smallest absolute Gasteiger partial charge is 0.306 e. The highest BCUT2D eigenvalue weighted by Gasteiger charge is 2.53. The summed E-state index contributed by atoms with van der Waals surface area (Å²) in [5.74, 6) is -0.674. The Kier molecular flexibility index (Phi) is 9.42. The summed E-state index contributed by atoms with van der Waals surface area (Å²) >= 11 is 0.